The second kappa shape index (κ2) is 5.52. The molecule has 0 saturated carbocycles. The number of hydrogen-bond donors (Lipinski definition) is 1. The van der Waals surface area contributed by atoms with Crippen LogP contribution in [0.15, 0.2) is 39.9 Å². The van der Waals surface area contributed by atoms with Crippen molar-refractivity contribution < 1.29 is 14.0 Å². The number of hydrogen-bond acceptors (Lipinski definition) is 6. The number of thiophene rings is 1. The van der Waals surface area contributed by atoms with Crippen LogP contribution in [0.5, 0.6) is 0 Å². The lowest BCUT2D eigenvalue weighted by Gasteiger charge is -1.97. The SMILES string of the molecule is O=C1NC(=O)C(=Cc2cc3cncc(-c4ccc(Cl)s4)c3o2)S1. The van der Waals surface area contributed by atoms with Crippen LogP contribution in [-0.4, -0.2) is 16.1 Å². The minimum atomic E-state index is -0.413. The first-order valence-electron chi connectivity index (χ1n) is 6.48. The lowest BCUT2D eigenvalue weighted by atomic mass is 10.2. The van der Waals surface area contributed by atoms with Gasteiger partial charge in [-0.25, -0.2) is 0 Å². The predicted molar refractivity (Wildman–Crippen MR) is 91.4 cm³/mol. The Balaban J connectivity index is 1.81. The van der Waals surface area contributed by atoms with E-state index in [1.54, 1.807) is 24.5 Å². The van der Waals surface area contributed by atoms with E-state index in [1.807, 2.05) is 12.1 Å². The van der Waals surface area contributed by atoms with Gasteiger partial charge < -0.3 is 4.42 Å². The normalized spacial score (nSPS) is 16.5. The van der Waals surface area contributed by atoms with E-state index in [-0.39, 0.29) is 5.24 Å². The van der Waals surface area contributed by atoms with E-state index in [4.69, 9.17) is 16.0 Å². The summed E-state index contributed by atoms with van der Waals surface area (Å²) in [7, 11) is 0. The number of amides is 2. The van der Waals surface area contributed by atoms with Crippen LogP contribution in [0, 0.1) is 0 Å². The van der Waals surface area contributed by atoms with E-state index in [9.17, 15) is 9.59 Å². The Kier molecular flexibility index (Phi) is 3.48. The fraction of sp³-hybridized carbons (Fsp3) is 0. The minimum absolute atomic E-state index is 0.308. The molecular weight excluding hydrogens is 356 g/mol. The molecule has 1 N–H and O–H groups in total. The van der Waals surface area contributed by atoms with E-state index in [0.717, 1.165) is 27.6 Å². The van der Waals surface area contributed by atoms with Gasteiger partial charge in [0, 0.05) is 28.7 Å². The molecule has 23 heavy (non-hydrogen) atoms. The monoisotopic (exact) mass is 362 g/mol. The molecule has 1 fully saturated rings. The average Bonchev–Trinajstić information content (AvgIpc) is 3.18. The number of fused-ring (bicyclic) bond motifs is 1. The Morgan fingerprint density at radius 3 is 2.83 bits per heavy atom. The van der Waals surface area contributed by atoms with Gasteiger partial charge in [0.15, 0.2) is 0 Å². The van der Waals surface area contributed by atoms with Crippen LogP contribution in [0.4, 0.5) is 4.79 Å². The molecule has 1 aliphatic rings. The van der Waals surface area contributed by atoms with Gasteiger partial charge >= 0.3 is 0 Å². The molecule has 0 aliphatic carbocycles. The average molecular weight is 363 g/mol. The first-order chi connectivity index (χ1) is 11.1. The van der Waals surface area contributed by atoms with Crippen molar-refractivity contribution in [2.75, 3.05) is 0 Å². The molecule has 4 rings (SSSR count). The number of carbonyl (C=O) groups is 2. The van der Waals surface area contributed by atoms with Crippen LogP contribution in [0.2, 0.25) is 4.34 Å². The van der Waals surface area contributed by atoms with Crippen molar-refractivity contribution in [3.05, 3.63) is 45.6 Å². The number of nitrogens with zero attached hydrogens (tertiary/aromatic N) is 1. The Morgan fingerprint density at radius 2 is 2.13 bits per heavy atom. The molecule has 5 nitrogen and oxygen atoms in total. The predicted octanol–water partition coefficient (Wildman–Crippen LogP) is 4.53. The number of nitrogens with one attached hydrogen (secondary N) is 1. The molecule has 0 atom stereocenters. The first kappa shape index (κ1) is 14.5. The van der Waals surface area contributed by atoms with E-state index >= 15 is 0 Å². The summed E-state index contributed by atoms with van der Waals surface area (Å²) >= 11 is 8.28. The maximum atomic E-state index is 11.6. The fourth-order valence-electron chi connectivity index (χ4n) is 2.24. The molecule has 114 valence electrons. The molecule has 4 heterocycles. The van der Waals surface area contributed by atoms with Crippen LogP contribution in [0.3, 0.4) is 0 Å². The topological polar surface area (TPSA) is 72.2 Å². The Morgan fingerprint density at radius 1 is 1.26 bits per heavy atom. The van der Waals surface area contributed by atoms with Crippen molar-refractivity contribution in [2.45, 2.75) is 0 Å². The third-order valence-corrected chi connectivity index (χ3v) is 5.27. The van der Waals surface area contributed by atoms with Gasteiger partial charge in [0.1, 0.15) is 11.3 Å². The number of halogens is 1. The first-order valence-corrected chi connectivity index (χ1v) is 8.49. The van der Waals surface area contributed by atoms with Crippen LogP contribution >= 0.6 is 34.7 Å². The van der Waals surface area contributed by atoms with Gasteiger partial charge in [-0.1, -0.05) is 11.6 Å². The van der Waals surface area contributed by atoms with Crippen molar-refractivity contribution in [1.29, 1.82) is 0 Å². The molecule has 0 radical (unpaired) electrons. The third kappa shape index (κ3) is 2.67. The van der Waals surface area contributed by atoms with E-state index in [1.165, 1.54) is 11.3 Å². The smallest absolute Gasteiger partial charge is 0.290 e. The summed E-state index contributed by atoms with van der Waals surface area (Å²) in [4.78, 5) is 28.3. The van der Waals surface area contributed by atoms with Crippen LogP contribution in [0.1, 0.15) is 5.76 Å². The lowest BCUT2D eigenvalue weighted by Crippen LogP contribution is -2.17. The van der Waals surface area contributed by atoms with Gasteiger partial charge in [0.25, 0.3) is 11.1 Å². The van der Waals surface area contributed by atoms with Gasteiger partial charge in [0.2, 0.25) is 0 Å². The molecule has 0 aromatic carbocycles. The quantitative estimate of drug-likeness (QED) is 0.678. The minimum Gasteiger partial charge on any atom is -0.456 e. The highest BCUT2D eigenvalue weighted by Crippen LogP contribution is 2.36. The summed E-state index contributed by atoms with van der Waals surface area (Å²) in [5.41, 5.74) is 1.50. The number of aromatic nitrogens is 1. The molecule has 0 spiro atoms. The fourth-order valence-corrected chi connectivity index (χ4v) is 3.95. The maximum Gasteiger partial charge on any atom is 0.290 e. The van der Waals surface area contributed by atoms with Gasteiger partial charge in [-0.3, -0.25) is 19.9 Å². The molecule has 0 unspecified atom stereocenters. The van der Waals surface area contributed by atoms with Crippen LogP contribution < -0.4 is 5.32 Å². The number of pyridine rings is 1. The van der Waals surface area contributed by atoms with Crippen molar-refractivity contribution >= 4 is 62.9 Å². The van der Waals surface area contributed by atoms with Crippen molar-refractivity contribution in [1.82, 2.24) is 10.3 Å². The number of furan rings is 1. The number of rotatable bonds is 2. The second-order valence-corrected chi connectivity index (χ2v) is 7.44. The van der Waals surface area contributed by atoms with Crippen molar-refractivity contribution in [3.63, 3.8) is 0 Å². The molecule has 1 aliphatic heterocycles. The summed E-state index contributed by atoms with van der Waals surface area (Å²) in [6.07, 6.45) is 4.95. The highest BCUT2D eigenvalue weighted by atomic mass is 35.5. The van der Waals surface area contributed by atoms with Gasteiger partial charge in [0.05, 0.1) is 14.8 Å². The molecular formula is C15H7ClN2O3S2. The summed E-state index contributed by atoms with van der Waals surface area (Å²) in [5, 5.41) is 2.64. The largest absolute Gasteiger partial charge is 0.456 e. The highest BCUT2D eigenvalue weighted by molar-refractivity contribution is 8.18. The Labute approximate surface area is 143 Å². The van der Waals surface area contributed by atoms with E-state index < -0.39 is 5.91 Å². The zero-order valence-corrected chi connectivity index (χ0v) is 13.7. The summed E-state index contributed by atoms with van der Waals surface area (Å²) in [5.74, 6) is 0.0769. The molecule has 0 bridgehead atoms. The van der Waals surface area contributed by atoms with Gasteiger partial charge in [-0.2, -0.15) is 0 Å². The zero-order valence-electron chi connectivity index (χ0n) is 11.3. The number of carbonyl (C=O) groups excluding carboxylic acids is 2. The van der Waals surface area contributed by atoms with Gasteiger partial charge in [-0.05, 0) is 30.0 Å². The number of imide groups is 1. The highest BCUT2D eigenvalue weighted by Gasteiger charge is 2.25. The summed E-state index contributed by atoms with van der Waals surface area (Å²) < 4.78 is 6.53. The molecule has 2 amide bonds. The molecule has 1 saturated heterocycles. The maximum absolute atomic E-state index is 11.6. The standard InChI is InChI=1S/C15H7ClN2O3S2/c16-12-2-1-10(22-12)9-6-17-5-7-3-8(21-13(7)9)4-11-14(19)18-15(20)23-11/h1-6H,(H,18,19,20). The van der Waals surface area contributed by atoms with Crippen molar-refractivity contribution in [3.8, 4) is 10.4 Å². The number of thioether (sulfide) groups is 1. The summed E-state index contributed by atoms with van der Waals surface area (Å²) in [6.45, 7) is 0. The second-order valence-electron chi connectivity index (χ2n) is 4.71. The molecule has 3 aromatic heterocycles. The van der Waals surface area contributed by atoms with Crippen molar-refractivity contribution in [2.24, 2.45) is 0 Å². The Hall–Kier alpha value is -2.09. The summed E-state index contributed by atoms with van der Waals surface area (Å²) in [6, 6.07) is 5.51. The Bertz CT molecular complexity index is 990. The van der Waals surface area contributed by atoms with Crippen LogP contribution in [-0.2, 0) is 4.79 Å². The zero-order chi connectivity index (χ0) is 16.0. The third-order valence-electron chi connectivity index (χ3n) is 3.20. The van der Waals surface area contributed by atoms with Gasteiger partial charge in [-0.15, -0.1) is 11.3 Å². The lowest BCUT2D eigenvalue weighted by molar-refractivity contribution is -0.115. The molecule has 8 heteroatoms. The molecule has 3 aromatic rings. The van der Waals surface area contributed by atoms with E-state index in [2.05, 4.69) is 10.3 Å². The van der Waals surface area contributed by atoms with E-state index in [0.29, 0.717) is 20.6 Å². The van der Waals surface area contributed by atoms with Crippen LogP contribution in [0.25, 0.3) is 27.5 Å².